The number of pyridine rings is 1. The third kappa shape index (κ3) is 3.37. The minimum absolute atomic E-state index is 0.248. The van der Waals surface area contributed by atoms with Gasteiger partial charge in [-0.15, -0.1) is 0 Å². The molecule has 0 aliphatic carbocycles. The Morgan fingerprint density at radius 2 is 1.92 bits per heavy atom. The van der Waals surface area contributed by atoms with Gasteiger partial charge in [-0.2, -0.15) is 5.10 Å². The first-order valence-corrected chi connectivity index (χ1v) is 8.09. The number of methoxy groups -OCH3 is 1. The van der Waals surface area contributed by atoms with Gasteiger partial charge in [0.1, 0.15) is 11.6 Å². The van der Waals surface area contributed by atoms with Gasteiger partial charge >= 0.3 is 0 Å². The number of aryl methyl sites for hydroxylation is 3. The number of carbonyl (C=O) groups excluding carboxylic acids is 1. The summed E-state index contributed by atoms with van der Waals surface area (Å²) in [6.45, 7) is 3.77. The number of rotatable bonds is 4. The van der Waals surface area contributed by atoms with E-state index in [-0.39, 0.29) is 11.5 Å². The summed E-state index contributed by atoms with van der Waals surface area (Å²) in [7, 11) is 3.29. The molecule has 26 heavy (non-hydrogen) atoms. The summed E-state index contributed by atoms with van der Waals surface area (Å²) < 4.78 is 8.35. The first-order chi connectivity index (χ1) is 12.4. The van der Waals surface area contributed by atoms with E-state index in [0.29, 0.717) is 22.8 Å². The Balaban J connectivity index is 2.00. The van der Waals surface area contributed by atoms with Gasteiger partial charge in [-0.25, -0.2) is 0 Å². The number of ether oxygens (including phenoxy) is 1. The van der Waals surface area contributed by atoms with E-state index in [1.807, 2.05) is 26.0 Å². The Morgan fingerprint density at radius 1 is 1.15 bits per heavy atom. The van der Waals surface area contributed by atoms with Gasteiger partial charge in [-0.05, 0) is 37.6 Å². The molecule has 7 heteroatoms. The van der Waals surface area contributed by atoms with E-state index >= 15 is 0 Å². The first kappa shape index (κ1) is 17.5. The van der Waals surface area contributed by atoms with Crippen LogP contribution in [0.4, 0.5) is 5.82 Å². The number of benzene rings is 1. The van der Waals surface area contributed by atoms with Crippen LogP contribution in [0.5, 0.6) is 5.75 Å². The molecule has 0 unspecified atom stereocenters. The van der Waals surface area contributed by atoms with Gasteiger partial charge in [0.15, 0.2) is 0 Å². The van der Waals surface area contributed by atoms with Crippen molar-refractivity contribution in [1.29, 1.82) is 0 Å². The zero-order valence-electron chi connectivity index (χ0n) is 15.1. The smallest absolute Gasteiger partial charge is 0.258 e. The van der Waals surface area contributed by atoms with Crippen LogP contribution >= 0.6 is 0 Å². The highest BCUT2D eigenvalue weighted by Crippen LogP contribution is 2.23. The first-order valence-electron chi connectivity index (χ1n) is 8.09. The second-order valence-electron chi connectivity index (χ2n) is 6.05. The summed E-state index contributed by atoms with van der Waals surface area (Å²) >= 11 is 0. The van der Waals surface area contributed by atoms with Crippen LogP contribution in [0.1, 0.15) is 21.6 Å². The topological polar surface area (TPSA) is 78.2 Å². The molecule has 0 atom stereocenters. The molecule has 0 bridgehead atoms. The molecule has 3 rings (SSSR count). The maximum atomic E-state index is 12.6. The van der Waals surface area contributed by atoms with Crippen molar-refractivity contribution in [3.63, 3.8) is 0 Å². The molecule has 7 nitrogen and oxygen atoms in total. The molecule has 0 spiro atoms. The second kappa shape index (κ2) is 6.87. The number of hydrogen-bond donors (Lipinski definition) is 1. The van der Waals surface area contributed by atoms with Crippen molar-refractivity contribution in [3.8, 4) is 11.4 Å². The van der Waals surface area contributed by atoms with E-state index in [0.717, 1.165) is 11.3 Å². The van der Waals surface area contributed by atoms with Gasteiger partial charge in [-0.1, -0.05) is 6.07 Å². The van der Waals surface area contributed by atoms with Crippen LogP contribution in [0, 0.1) is 13.8 Å². The van der Waals surface area contributed by atoms with Crippen molar-refractivity contribution in [1.82, 2.24) is 14.3 Å². The van der Waals surface area contributed by atoms with Crippen molar-refractivity contribution < 1.29 is 9.53 Å². The van der Waals surface area contributed by atoms with Crippen LogP contribution < -0.4 is 15.6 Å². The van der Waals surface area contributed by atoms with Gasteiger partial charge < -0.3 is 10.1 Å². The van der Waals surface area contributed by atoms with Gasteiger partial charge in [0.25, 0.3) is 11.5 Å². The molecule has 1 N–H and O–H groups in total. The fourth-order valence-corrected chi connectivity index (χ4v) is 2.71. The summed E-state index contributed by atoms with van der Waals surface area (Å²) in [4.78, 5) is 24.9. The third-order valence-corrected chi connectivity index (χ3v) is 4.01. The zero-order chi connectivity index (χ0) is 18.8. The van der Waals surface area contributed by atoms with Crippen LogP contribution in [0.15, 0.2) is 47.4 Å². The number of nitrogens with zero attached hydrogens (tertiary/aromatic N) is 3. The molecule has 0 fully saturated rings. The fourth-order valence-electron chi connectivity index (χ4n) is 2.71. The average molecular weight is 352 g/mol. The predicted molar refractivity (Wildman–Crippen MR) is 99.2 cm³/mol. The highest BCUT2D eigenvalue weighted by Gasteiger charge is 2.13. The van der Waals surface area contributed by atoms with E-state index in [2.05, 4.69) is 10.4 Å². The summed E-state index contributed by atoms with van der Waals surface area (Å²) in [6, 6.07) is 10.2. The largest absolute Gasteiger partial charge is 0.495 e. The highest BCUT2D eigenvalue weighted by molar-refractivity contribution is 6.03. The maximum Gasteiger partial charge on any atom is 0.258 e. The molecule has 0 saturated carbocycles. The molecule has 2 aromatic heterocycles. The molecule has 0 saturated heterocycles. The van der Waals surface area contributed by atoms with E-state index < -0.39 is 0 Å². The SMILES string of the molecule is COc1ccc(C)cc1-n1cc(C(=O)Nc2cc(C)nn2C)ccc1=O. The van der Waals surface area contributed by atoms with E-state index in [1.54, 1.807) is 31.0 Å². The summed E-state index contributed by atoms with van der Waals surface area (Å²) in [5, 5.41) is 7.00. The summed E-state index contributed by atoms with van der Waals surface area (Å²) in [6.07, 6.45) is 1.51. The average Bonchev–Trinajstić information content (AvgIpc) is 2.92. The normalized spacial score (nSPS) is 10.6. The Hall–Kier alpha value is -3.35. The number of nitrogens with one attached hydrogen (secondary N) is 1. The quantitative estimate of drug-likeness (QED) is 0.782. The number of anilines is 1. The Bertz CT molecular complexity index is 1030. The van der Waals surface area contributed by atoms with Gasteiger partial charge in [0.2, 0.25) is 0 Å². The molecule has 2 heterocycles. The van der Waals surface area contributed by atoms with Crippen LogP contribution in [-0.4, -0.2) is 27.4 Å². The number of carbonyl (C=O) groups is 1. The monoisotopic (exact) mass is 352 g/mol. The van der Waals surface area contributed by atoms with E-state index in [9.17, 15) is 9.59 Å². The van der Waals surface area contributed by atoms with Crippen molar-refractivity contribution in [2.45, 2.75) is 13.8 Å². The molecule has 0 radical (unpaired) electrons. The van der Waals surface area contributed by atoms with Crippen LogP contribution in [0.25, 0.3) is 5.69 Å². The maximum absolute atomic E-state index is 12.6. The lowest BCUT2D eigenvalue weighted by molar-refractivity contribution is 0.102. The van der Waals surface area contributed by atoms with Crippen molar-refractivity contribution in [3.05, 3.63) is 69.8 Å². The van der Waals surface area contributed by atoms with E-state index in [1.165, 1.54) is 22.9 Å². The molecule has 1 amide bonds. The predicted octanol–water partition coefficient (Wildman–Crippen LogP) is 2.45. The van der Waals surface area contributed by atoms with Gasteiger partial charge in [0.05, 0.1) is 24.1 Å². The molecular weight excluding hydrogens is 332 g/mol. The molecule has 1 aromatic carbocycles. The van der Waals surface area contributed by atoms with Gasteiger partial charge in [-0.3, -0.25) is 18.8 Å². The lowest BCUT2D eigenvalue weighted by Crippen LogP contribution is -2.22. The summed E-state index contributed by atoms with van der Waals surface area (Å²) in [5.74, 6) is 0.810. The van der Waals surface area contributed by atoms with Crippen LogP contribution in [-0.2, 0) is 7.05 Å². The van der Waals surface area contributed by atoms with Crippen molar-refractivity contribution >= 4 is 11.7 Å². The molecular formula is C19H20N4O3. The van der Waals surface area contributed by atoms with Crippen LogP contribution in [0.2, 0.25) is 0 Å². The van der Waals surface area contributed by atoms with Gasteiger partial charge in [0, 0.05) is 25.4 Å². The molecule has 134 valence electrons. The Morgan fingerprint density at radius 3 is 2.58 bits per heavy atom. The third-order valence-electron chi connectivity index (χ3n) is 4.01. The lowest BCUT2D eigenvalue weighted by atomic mass is 10.2. The second-order valence-corrected chi connectivity index (χ2v) is 6.05. The minimum atomic E-state index is -0.326. The Labute approximate surface area is 150 Å². The number of amides is 1. The molecule has 3 aromatic rings. The standard InChI is InChI=1S/C19H20N4O3/c1-12-5-7-16(26-4)15(9-12)23-11-14(6-8-18(23)24)19(25)20-17-10-13(2)21-22(17)3/h5-11H,1-4H3,(H,20,25). The number of hydrogen-bond acceptors (Lipinski definition) is 4. The summed E-state index contributed by atoms with van der Waals surface area (Å²) in [5.41, 5.74) is 2.47. The van der Waals surface area contributed by atoms with Crippen molar-refractivity contribution in [2.24, 2.45) is 7.05 Å². The van der Waals surface area contributed by atoms with Crippen LogP contribution in [0.3, 0.4) is 0 Å². The number of aromatic nitrogens is 3. The highest BCUT2D eigenvalue weighted by atomic mass is 16.5. The molecule has 0 aliphatic rings. The Kier molecular flexibility index (Phi) is 4.62. The van der Waals surface area contributed by atoms with E-state index in [4.69, 9.17) is 4.74 Å². The lowest BCUT2D eigenvalue weighted by Gasteiger charge is -2.13. The zero-order valence-corrected chi connectivity index (χ0v) is 15.1. The minimum Gasteiger partial charge on any atom is -0.495 e. The molecule has 0 aliphatic heterocycles. The fraction of sp³-hybridized carbons (Fsp3) is 0.211. The van der Waals surface area contributed by atoms with Crippen molar-refractivity contribution in [2.75, 3.05) is 12.4 Å².